The molecule has 0 spiro atoms. The molecule has 8 nitrogen and oxygen atoms in total. The number of hydrogen-bond donors (Lipinski definition) is 3. The van der Waals surface area contributed by atoms with Crippen molar-refractivity contribution in [2.45, 2.75) is 26.8 Å². The van der Waals surface area contributed by atoms with Crippen LogP contribution in [0.5, 0.6) is 5.75 Å². The van der Waals surface area contributed by atoms with Crippen LogP contribution in [0.4, 0.5) is 0 Å². The molecule has 0 saturated carbocycles. The third-order valence-corrected chi connectivity index (χ3v) is 5.02. The highest BCUT2D eigenvalue weighted by Crippen LogP contribution is 2.27. The summed E-state index contributed by atoms with van der Waals surface area (Å²) in [5.41, 5.74) is 2.73. The topological polar surface area (TPSA) is 128 Å². The van der Waals surface area contributed by atoms with Gasteiger partial charge in [-0.3, -0.25) is 18.9 Å². The molecule has 2 atom stereocenters. The standard InChI is InChI=1S/C16H21N3O5S/c1-11-7-12(3-4-14(11)20)13-8-17-19(9-13)6-5-16(2,10-25(23)24)15(21)18-22/h3-4,7-9,20,22H,5-6,10H2,1-2H3,(H,18,21)(H,23,24)/p-1. The predicted molar refractivity (Wildman–Crippen MR) is 90.5 cm³/mol. The first kappa shape index (κ1) is 19.1. The van der Waals surface area contributed by atoms with Crippen LogP contribution in [0.15, 0.2) is 30.6 Å². The number of nitrogens with zero attached hydrogens (tertiary/aromatic N) is 2. The highest BCUT2D eigenvalue weighted by atomic mass is 32.2. The lowest BCUT2D eigenvalue weighted by Gasteiger charge is -2.27. The van der Waals surface area contributed by atoms with Crippen LogP contribution in [0.3, 0.4) is 0 Å². The molecule has 0 saturated heterocycles. The van der Waals surface area contributed by atoms with Gasteiger partial charge in [-0.05, 0) is 43.5 Å². The smallest absolute Gasteiger partial charge is 0.250 e. The fourth-order valence-electron chi connectivity index (χ4n) is 2.48. The second-order valence-corrected chi connectivity index (χ2v) is 7.09. The molecule has 0 fully saturated rings. The van der Waals surface area contributed by atoms with Gasteiger partial charge in [0.2, 0.25) is 5.91 Å². The molecule has 3 N–H and O–H groups in total. The summed E-state index contributed by atoms with van der Waals surface area (Å²) in [6, 6.07) is 5.21. The Kier molecular flexibility index (Phi) is 5.93. The summed E-state index contributed by atoms with van der Waals surface area (Å²) in [4.78, 5) is 11.8. The average molecular weight is 366 g/mol. The third-order valence-electron chi connectivity index (χ3n) is 4.14. The van der Waals surface area contributed by atoms with Gasteiger partial charge in [0.05, 0.1) is 11.6 Å². The molecule has 25 heavy (non-hydrogen) atoms. The van der Waals surface area contributed by atoms with Crippen molar-refractivity contribution in [3.8, 4) is 16.9 Å². The molecule has 1 amide bonds. The van der Waals surface area contributed by atoms with E-state index in [1.807, 2.05) is 6.07 Å². The molecular formula is C16H20N3O5S-. The van der Waals surface area contributed by atoms with Gasteiger partial charge in [0.25, 0.3) is 0 Å². The monoisotopic (exact) mass is 366 g/mol. The quantitative estimate of drug-likeness (QED) is 0.385. The lowest BCUT2D eigenvalue weighted by Crippen LogP contribution is -2.42. The van der Waals surface area contributed by atoms with Gasteiger partial charge in [-0.25, -0.2) is 5.48 Å². The van der Waals surface area contributed by atoms with E-state index in [0.717, 1.165) is 16.7 Å². The molecule has 0 aliphatic carbocycles. The van der Waals surface area contributed by atoms with E-state index < -0.39 is 28.2 Å². The summed E-state index contributed by atoms with van der Waals surface area (Å²) >= 11 is -2.42. The zero-order valence-corrected chi connectivity index (χ0v) is 14.7. The maximum absolute atomic E-state index is 11.8. The van der Waals surface area contributed by atoms with Gasteiger partial charge in [-0.2, -0.15) is 5.10 Å². The predicted octanol–water partition coefficient (Wildman–Crippen LogP) is 1.35. The molecule has 1 aromatic carbocycles. The summed E-state index contributed by atoms with van der Waals surface area (Å²) in [6.07, 6.45) is 3.61. The van der Waals surface area contributed by atoms with Crippen LogP contribution in [0.25, 0.3) is 11.1 Å². The minimum absolute atomic E-state index is 0.184. The van der Waals surface area contributed by atoms with Crippen molar-refractivity contribution in [2.75, 3.05) is 5.75 Å². The largest absolute Gasteiger partial charge is 0.772 e. The van der Waals surface area contributed by atoms with Crippen LogP contribution >= 0.6 is 0 Å². The third kappa shape index (κ3) is 4.65. The molecule has 0 bridgehead atoms. The summed E-state index contributed by atoms with van der Waals surface area (Å²) in [5.74, 6) is -0.934. The molecule has 0 radical (unpaired) electrons. The normalized spacial score (nSPS) is 14.7. The number of nitrogens with one attached hydrogen (secondary N) is 1. The van der Waals surface area contributed by atoms with Crippen molar-refractivity contribution in [1.82, 2.24) is 15.3 Å². The molecule has 9 heteroatoms. The Hall–Kier alpha value is -2.23. The van der Waals surface area contributed by atoms with Crippen LogP contribution in [0.1, 0.15) is 18.9 Å². The van der Waals surface area contributed by atoms with Crippen molar-refractivity contribution in [3.05, 3.63) is 36.2 Å². The lowest BCUT2D eigenvalue weighted by atomic mass is 9.88. The molecule has 0 aliphatic heterocycles. The van der Waals surface area contributed by atoms with Gasteiger partial charge >= 0.3 is 0 Å². The molecule has 136 valence electrons. The van der Waals surface area contributed by atoms with E-state index in [4.69, 9.17) is 5.21 Å². The fourth-order valence-corrected chi connectivity index (χ4v) is 3.27. The number of aromatic nitrogens is 2. The second kappa shape index (κ2) is 7.77. The van der Waals surface area contributed by atoms with E-state index in [9.17, 15) is 18.7 Å². The zero-order valence-electron chi connectivity index (χ0n) is 13.9. The maximum atomic E-state index is 11.8. The number of rotatable bonds is 7. The highest BCUT2D eigenvalue weighted by molar-refractivity contribution is 7.79. The number of hydrogen-bond acceptors (Lipinski definition) is 6. The van der Waals surface area contributed by atoms with Crippen LogP contribution < -0.4 is 5.48 Å². The Balaban J connectivity index is 2.13. The average Bonchev–Trinajstić information content (AvgIpc) is 3.03. The molecule has 2 rings (SSSR count). The van der Waals surface area contributed by atoms with Gasteiger partial charge < -0.3 is 9.66 Å². The highest BCUT2D eigenvalue weighted by Gasteiger charge is 2.33. The van der Waals surface area contributed by atoms with Crippen molar-refractivity contribution in [2.24, 2.45) is 5.41 Å². The van der Waals surface area contributed by atoms with E-state index in [1.54, 1.807) is 36.1 Å². The van der Waals surface area contributed by atoms with E-state index in [0.29, 0.717) is 6.54 Å². The van der Waals surface area contributed by atoms with Gasteiger partial charge in [-0.15, -0.1) is 0 Å². The van der Waals surface area contributed by atoms with Gasteiger partial charge in [0, 0.05) is 24.1 Å². The summed E-state index contributed by atoms with van der Waals surface area (Å²) in [6.45, 7) is 3.57. The van der Waals surface area contributed by atoms with Crippen LogP contribution in [-0.2, 0) is 22.4 Å². The van der Waals surface area contributed by atoms with E-state index in [2.05, 4.69) is 5.10 Å². The Morgan fingerprint density at radius 1 is 1.44 bits per heavy atom. The van der Waals surface area contributed by atoms with Gasteiger partial charge in [0.1, 0.15) is 5.75 Å². The zero-order chi connectivity index (χ0) is 18.6. The van der Waals surface area contributed by atoms with Crippen LogP contribution in [-0.4, -0.2) is 40.5 Å². The van der Waals surface area contributed by atoms with Gasteiger partial charge in [0.15, 0.2) is 0 Å². The lowest BCUT2D eigenvalue weighted by molar-refractivity contribution is -0.138. The van der Waals surface area contributed by atoms with Crippen LogP contribution in [0, 0.1) is 12.3 Å². The summed E-state index contributed by atoms with van der Waals surface area (Å²) in [7, 11) is 0. The first-order valence-electron chi connectivity index (χ1n) is 7.58. The Morgan fingerprint density at radius 3 is 2.76 bits per heavy atom. The van der Waals surface area contributed by atoms with E-state index in [1.165, 1.54) is 12.4 Å². The SMILES string of the molecule is Cc1cc(-c2cnn(CCC(C)(CS(=O)[O-])C(=O)NO)c2)ccc1O. The minimum atomic E-state index is -2.42. The number of carbonyl (C=O) groups is 1. The molecule has 0 aliphatic rings. The van der Waals surface area contributed by atoms with Crippen LogP contribution in [0.2, 0.25) is 0 Å². The van der Waals surface area contributed by atoms with Crippen molar-refractivity contribution in [1.29, 1.82) is 0 Å². The van der Waals surface area contributed by atoms with E-state index in [-0.39, 0.29) is 12.2 Å². The number of benzene rings is 1. The van der Waals surface area contributed by atoms with E-state index >= 15 is 0 Å². The molecular weight excluding hydrogens is 346 g/mol. The fraction of sp³-hybridized carbons (Fsp3) is 0.375. The van der Waals surface area contributed by atoms with Crippen molar-refractivity contribution in [3.63, 3.8) is 0 Å². The van der Waals surface area contributed by atoms with Gasteiger partial charge in [-0.1, -0.05) is 17.1 Å². The van der Waals surface area contributed by atoms with Crippen molar-refractivity contribution >= 4 is 17.0 Å². The Morgan fingerprint density at radius 2 is 2.16 bits per heavy atom. The first-order valence-corrected chi connectivity index (χ1v) is 8.82. The number of phenols is 1. The number of carbonyl (C=O) groups excluding carboxylic acids is 1. The number of aromatic hydroxyl groups is 1. The number of amides is 1. The Labute approximate surface area is 147 Å². The Bertz CT molecular complexity index is 792. The van der Waals surface area contributed by atoms with Crippen molar-refractivity contribution < 1.29 is 23.9 Å². The minimum Gasteiger partial charge on any atom is -0.772 e. The number of phenolic OH excluding ortho intramolecular Hbond substituents is 1. The maximum Gasteiger partial charge on any atom is 0.250 e. The second-order valence-electron chi connectivity index (χ2n) is 6.19. The molecule has 2 unspecified atom stereocenters. The summed E-state index contributed by atoms with van der Waals surface area (Å²) in [5, 5.41) is 22.6. The first-order chi connectivity index (χ1) is 11.7. The number of aryl methyl sites for hydroxylation is 2. The molecule has 2 aromatic rings. The molecule has 1 aromatic heterocycles. The molecule has 1 heterocycles. The number of hydroxylamine groups is 1. The summed E-state index contributed by atoms with van der Waals surface area (Å²) < 4.78 is 23.6.